The van der Waals surface area contributed by atoms with Crippen molar-refractivity contribution in [3.63, 3.8) is 0 Å². The van der Waals surface area contributed by atoms with Crippen molar-refractivity contribution >= 4 is 11.7 Å². The molecule has 0 heterocycles. The molecule has 0 atom stereocenters. The van der Waals surface area contributed by atoms with Crippen LogP contribution in [-0.2, 0) is 6.54 Å². The Bertz CT molecular complexity index is 579. The van der Waals surface area contributed by atoms with Gasteiger partial charge < -0.3 is 10.0 Å². The standard InChI is InChI=1S/C17H19NO2/c1-13(2)18(12-14-8-4-3-5-9-14)16-11-7-6-10-15(16)17(19)20/h3-11,13H,12H2,1-2H3,(H,19,20). The van der Waals surface area contributed by atoms with Gasteiger partial charge in [-0.05, 0) is 31.5 Å². The van der Waals surface area contributed by atoms with Crippen molar-refractivity contribution < 1.29 is 9.90 Å². The van der Waals surface area contributed by atoms with E-state index in [-0.39, 0.29) is 6.04 Å². The second kappa shape index (κ2) is 6.24. The van der Waals surface area contributed by atoms with Gasteiger partial charge in [0.15, 0.2) is 0 Å². The molecule has 20 heavy (non-hydrogen) atoms. The van der Waals surface area contributed by atoms with Crippen LogP contribution in [-0.4, -0.2) is 17.1 Å². The lowest BCUT2D eigenvalue weighted by Crippen LogP contribution is -2.31. The molecule has 2 rings (SSSR count). The maximum atomic E-state index is 11.4. The quantitative estimate of drug-likeness (QED) is 0.897. The lowest BCUT2D eigenvalue weighted by Gasteiger charge is -2.30. The van der Waals surface area contributed by atoms with Gasteiger partial charge in [0, 0.05) is 12.6 Å². The molecule has 0 aliphatic rings. The number of para-hydroxylation sites is 1. The fraction of sp³-hybridized carbons (Fsp3) is 0.235. The van der Waals surface area contributed by atoms with Crippen LogP contribution >= 0.6 is 0 Å². The zero-order chi connectivity index (χ0) is 14.5. The Kier molecular flexibility index (Phi) is 4.41. The molecule has 0 bridgehead atoms. The number of nitrogens with zero attached hydrogens (tertiary/aromatic N) is 1. The van der Waals surface area contributed by atoms with Gasteiger partial charge in [0.1, 0.15) is 0 Å². The highest BCUT2D eigenvalue weighted by Crippen LogP contribution is 2.24. The zero-order valence-corrected chi connectivity index (χ0v) is 11.8. The van der Waals surface area contributed by atoms with Gasteiger partial charge in [-0.1, -0.05) is 42.5 Å². The van der Waals surface area contributed by atoms with Gasteiger partial charge in [-0.2, -0.15) is 0 Å². The normalized spacial score (nSPS) is 10.6. The van der Waals surface area contributed by atoms with Crippen LogP contribution in [0, 0.1) is 0 Å². The molecule has 2 aromatic rings. The zero-order valence-electron chi connectivity index (χ0n) is 11.8. The van der Waals surface area contributed by atoms with E-state index in [2.05, 4.69) is 30.9 Å². The minimum Gasteiger partial charge on any atom is -0.478 e. The van der Waals surface area contributed by atoms with Gasteiger partial charge in [0.05, 0.1) is 11.3 Å². The van der Waals surface area contributed by atoms with Gasteiger partial charge in [-0.3, -0.25) is 0 Å². The largest absolute Gasteiger partial charge is 0.478 e. The van der Waals surface area contributed by atoms with E-state index in [1.165, 1.54) is 5.56 Å². The average Bonchev–Trinajstić information content (AvgIpc) is 2.45. The summed E-state index contributed by atoms with van der Waals surface area (Å²) in [7, 11) is 0. The first kappa shape index (κ1) is 14.1. The van der Waals surface area contributed by atoms with Crippen molar-refractivity contribution in [2.45, 2.75) is 26.4 Å². The highest BCUT2D eigenvalue weighted by molar-refractivity contribution is 5.94. The molecule has 1 N–H and O–H groups in total. The SMILES string of the molecule is CC(C)N(Cc1ccccc1)c1ccccc1C(=O)O. The van der Waals surface area contributed by atoms with Crippen LogP contribution < -0.4 is 4.90 Å². The van der Waals surface area contributed by atoms with Crippen molar-refractivity contribution in [2.24, 2.45) is 0 Å². The summed E-state index contributed by atoms with van der Waals surface area (Å²) in [5.74, 6) is -0.890. The van der Waals surface area contributed by atoms with Crippen LogP contribution in [0.4, 0.5) is 5.69 Å². The molecular weight excluding hydrogens is 250 g/mol. The molecule has 0 aliphatic heterocycles. The van der Waals surface area contributed by atoms with Crippen LogP contribution in [0.3, 0.4) is 0 Å². The van der Waals surface area contributed by atoms with Gasteiger partial charge in [0.2, 0.25) is 0 Å². The second-order valence-electron chi connectivity index (χ2n) is 5.03. The minimum atomic E-state index is -0.890. The van der Waals surface area contributed by atoms with E-state index in [1.807, 2.05) is 30.3 Å². The van der Waals surface area contributed by atoms with Crippen LogP contribution in [0.15, 0.2) is 54.6 Å². The number of anilines is 1. The third-order valence-electron chi connectivity index (χ3n) is 3.26. The number of hydrogen-bond donors (Lipinski definition) is 1. The topological polar surface area (TPSA) is 40.5 Å². The Morgan fingerprint density at radius 1 is 1.05 bits per heavy atom. The molecule has 104 valence electrons. The van der Waals surface area contributed by atoms with Crippen LogP contribution in [0.25, 0.3) is 0 Å². The van der Waals surface area contributed by atoms with E-state index < -0.39 is 5.97 Å². The van der Waals surface area contributed by atoms with Crippen molar-refractivity contribution in [2.75, 3.05) is 4.90 Å². The van der Waals surface area contributed by atoms with E-state index in [9.17, 15) is 9.90 Å². The maximum absolute atomic E-state index is 11.4. The fourth-order valence-electron chi connectivity index (χ4n) is 2.23. The summed E-state index contributed by atoms with van der Waals surface area (Å²) in [6.07, 6.45) is 0. The average molecular weight is 269 g/mol. The van der Waals surface area contributed by atoms with Crippen molar-refractivity contribution in [1.29, 1.82) is 0 Å². The molecule has 3 nitrogen and oxygen atoms in total. The summed E-state index contributed by atoms with van der Waals surface area (Å²) >= 11 is 0. The van der Waals surface area contributed by atoms with E-state index in [1.54, 1.807) is 12.1 Å². The second-order valence-corrected chi connectivity index (χ2v) is 5.03. The van der Waals surface area contributed by atoms with Crippen LogP contribution in [0.1, 0.15) is 29.8 Å². The van der Waals surface area contributed by atoms with Gasteiger partial charge in [-0.15, -0.1) is 0 Å². The van der Waals surface area contributed by atoms with Crippen LogP contribution in [0.2, 0.25) is 0 Å². The highest BCUT2D eigenvalue weighted by Gasteiger charge is 2.17. The summed E-state index contributed by atoms with van der Waals surface area (Å²) in [4.78, 5) is 13.5. The van der Waals surface area contributed by atoms with Gasteiger partial charge in [-0.25, -0.2) is 4.79 Å². The van der Waals surface area contributed by atoms with Crippen molar-refractivity contribution in [3.8, 4) is 0 Å². The maximum Gasteiger partial charge on any atom is 0.337 e. The Hall–Kier alpha value is -2.29. The highest BCUT2D eigenvalue weighted by atomic mass is 16.4. The summed E-state index contributed by atoms with van der Waals surface area (Å²) in [5.41, 5.74) is 2.28. The molecule has 0 spiro atoms. The summed E-state index contributed by atoms with van der Waals surface area (Å²) in [6, 6.07) is 17.5. The Balaban J connectivity index is 2.37. The van der Waals surface area contributed by atoms with E-state index in [0.29, 0.717) is 12.1 Å². The predicted octanol–water partition coefficient (Wildman–Crippen LogP) is 3.80. The first-order chi connectivity index (χ1) is 9.59. The van der Waals surface area contributed by atoms with E-state index >= 15 is 0 Å². The number of aromatic carboxylic acids is 1. The Morgan fingerprint density at radius 3 is 2.25 bits per heavy atom. The lowest BCUT2D eigenvalue weighted by molar-refractivity contribution is 0.0697. The molecule has 0 aromatic heterocycles. The fourth-order valence-corrected chi connectivity index (χ4v) is 2.23. The first-order valence-corrected chi connectivity index (χ1v) is 6.72. The summed E-state index contributed by atoms with van der Waals surface area (Å²) in [5, 5.41) is 9.34. The van der Waals surface area contributed by atoms with E-state index in [4.69, 9.17) is 0 Å². The Labute approximate surface area is 119 Å². The number of benzene rings is 2. The molecule has 0 saturated heterocycles. The molecular formula is C17H19NO2. The van der Waals surface area contributed by atoms with Crippen molar-refractivity contribution in [3.05, 3.63) is 65.7 Å². The number of carboxylic acids is 1. The number of carboxylic acid groups (broad SMARTS) is 1. The molecule has 2 aromatic carbocycles. The minimum absolute atomic E-state index is 0.218. The Morgan fingerprint density at radius 2 is 1.65 bits per heavy atom. The monoisotopic (exact) mass is 269 g/mol. The molecule has 0 unspecified atom stereocenters. The van der Waals surface area contributed by atoms with Crippen molar-refractivity contribution in [1.82, 2.24) is 0 Å². The third-order valence-corrected chi connectivity index (χ3v) is 3.26. The number of rotatable bonds is 5. The molecule has 0 radical (unpaired) electrons. The van der Waals surface area contributed by atoms with Gasteiger partial charge >= 0.3 is 5.97 Å². The summed E-state index contributed by atoms with van der Waals surface area (Å²) in [6.45, 7) is 4.84. The lowest BCUT2D eigenvalue weighted by atomic mass is 10.1. The van der Waals surface area contributed by atoms with Gasteiger partial charge in [0.25, 0.3) is 0 Å². The third kappa shape index (κ3) is 3.18. The molecule has 3 heteroatoms. The predicted molar refractivity (Wildman–Crippen MR) is 81.2 cm³/mol. The molecule has 0 fully saturated rings. The molecule has 0 aliphatic carbocycles. The molecule has 0 saturated carbocycles. The smallest absolute Gasteiger partial charge is 0.337 e. The first-order valence-electron chi connectivity index (χ1n) is 6.72. The summed E-state index contributed by atoms with van der Waals surface area (Å²) < 4.78 is 0. The number of carbonyl (C=O) groups is 1. The number of hydrogen-bond acceptors (Lipinski definition) is 2. The molecule has 0 amide bonds. The van der Waals surface area contributed by atoms with Crippen LogP contribution in [0.5, 0.6) is 0 Å². The van der Waals surface area contributed by atoms with E-state index in [0.717, 1.165) is 5.69 Å².